The second-order valence-electron chi connectivity index (χ2n) is 7.40. The van der Waals surface area contributed by atoms with E-state index in [-0.39, 0.29) is 23.0 Å². The van der Waals surface area contributed by atoms with Crippen molar-refractivity contribution in [2.24, 2.45) is 0 Å². The Hall–Kier alpha value is -3.36. The van der Waals surface area contributed by atoms with Crippen LogP contribution in [0, 0.1) is 6.92 Å². The maximum Gasteiger partial charge on any atom is 0.262 e. The zero-order valence-electron chi connectivity index (χ0n) is 18.3. The highest BCUT2D eigenvalue weighted by molar-refractivity contribution is 7.92. The number of ether oxygens (including phenoxy) is 1. The maximum absolute atomic E-state index is 12.9. The number of aryl methyl sites for hydroxylation is 1. The first-order chi connectivity index (χ1) is 15.6. The predicted octanol–water partition coefficient (Wildman–Crippen LogP) is 4.84. The van der Waals surface area contributed by atoms with Crippen LogP contribution in [0.15, 0.2) is 65.6 Å². The van der Waals surface area contributed by atoms with Crippen molar-refractivity contribution >= 4 is 44.7 Å². The summed E-state index contributed by atoms with van der Waals surface area (Å²) in [4.78, 5) is 24.4. The van der Waals surface area contributed by atoms with Crippen LogP contribution in [-0.2, 0) is 21.2 Å². The molecule has 33 heavy (non-hydrogen) atoms. The third kappa shape index (κ3) is 6.12. The summed E-state index contributed by atoms with van der Waals surface area (Å²) in [6.07, 6.45) is -0.0523. The number of carbonyl (C=O) groups excluding carboxylic acids is 2. The van der Waals surface area contributed by atoms with Crippen molar-refractivity contribution in [2.45, 2.75) is 25.2 Å². The topological polar surface area (TPSA) is 102 Å². The van der Waals surface area contributed by atoms with E-state index in [1.807, 2.05) is 0 Å². The zero-order chi connectivity index (χ0) is 24.2. The van der Waals surface area contributed by atoms with Crippen LogP contribution in [0.25, 0.3) is 0 Å². The number of ketones is 1. The van der Waals surface area contributed by atoms with Crippen LogP contribution in [0.4, 0.5) is 11.4 Å². The van der Waals surface area contributed by atoms with E-state index in [9.17, 15) is 18.0 Å². The Morgan fingerprint density at radius 2 is 1.64 bits per heavy atom. The average Bonchev–Trinajstić information content (AvgIpc) is 2.76. The molecule has 0 atom stereocenters. The molecule has 1 amide bonds. The number of Topliss-reactive ketones (excluding diaryl/α,β-unsaturated/α-hetero) is 1. The van der Waals surface area contributed by atoms with E-state index in [4.69, 9.17) is 16.3 Å². The molecular formula is C24H23ClN2O5S. The van der Waals surface area contributed by atoms with Gasteiger partial charge in [0, 0.05) is 27.5 Å². The first kappa shape index (κ1) is 24.3. The normalized spacial score (nSPS) is 11.0. The number of sulfonamides is 1. The number of hydrogen-bond acceptors (Lipinski definition) is 5. The average molecular weight is 487 g/mol. The number of nitrogens with one attached hydrogen (secondary N) is 2. The standard InChI is InChI=1S/C24H23ClN2O5S/c1-15-4-8-21(14-23(15)33(30,31)27-20-9-6-19(25)7-10-20)26-24(29)13-18-12-17(16(2)28)5-11-22(18)32-3/h4-12,14,27H,13H2,1-3H3,(H,26,29). The number of carbonyl (C=O) groups is 2. The highest BCUT2D eigenvalue weighted by atomic mass is 35.5. The summed E-state index contributed by atoms with van der Waals surface area (Å²) < 4.78 is 33.6. The van der Waals surface area contributed by atoms with Gasteiger partial charge in [0.2, 0.25) is 5.91 Å². The van der Waals surface area contributed by atoms with Gasteiger partial charge in [-0.25, -0.2) is 8.42 Å². The number of anilines is 2. The molecule has 0 radical (unpaired) electrons. The van der Waals surface area contributed by atoms with E-state index in [1.54, 1.807) is 61.5 Å². The molecule has 0 fully saturated rings. The summed E-state index contributed by atoms with van der Waals surface area (Å²) in [6.45, 7) is 3.11. The van der Waals surface area contributed by atoms with Crippen molar-refractivity contribution < 1.29 is 22.7 Å². The van der Waals surface area contributed by atoms with Crippen LogP contribution in [0.2, 0.25) is 5.02 Å². The fourth-order valence-electron chi connectivity index (χ4n) is 3.21. The number of halogens is 1. The molecule has 0 saturated carbocycles. The second-order valence-corrected chi connectivity index (χ2v) is 9.49. The molecule has 3 rings (SSSR count). The van der Waals surface area contributed by atoms with E-state index in [2.05, 4.69) is 10.0 Å². The van der Waals surface area contributed by atoms with E-state index in [1.165, 1.54) is 20.1 Å². The van der Waals surface area contributed by atoms with Gasteiger partial charge in [-0.3, -0.25) is 14.3 Å². The van der Waals surface area contributed by atoms with E-state index < -0.39 is 10.0 Å². The first-order valence-corrected chi connectivity index (χ1v) is 11.8. The molecule has 0 aliphatic heterocycles. The zero-order valence-corrected chi connectivity index (χ0v) is 19.9. The monoisotopic (exact) mass is 486 g/mol. The lowest BCUT2D eigenvalue weighted by molar-refractivity contribution is -0.115. The molecule has 7 nitrogen and oxygen atoms in total. The van der Waals surface area contributed by atoms with Crippen molar-refractivity contribution in [1.29, 1.82) is 0 Å². The van der Waals surface area contributed by atoms with Gasteiger partial charge in [-0.1, -0.05) is 17.7 Å². The highest BCUT2D eigenvalue weighted by Crippen LogP contribution is 2.25. The summed E-state index contributed by atoms with van der Waals surface area (Å²) in [5.74, 6) is -0.0257. The van der Waals surface area contributed by atoms with Gasteiger partial charge < -0.3 is 10.1 Å². The van der Waals surface area contributed by atoms with Crippen LogP contribution in [-0.4, -0.2) is 27.2 Å². The van der Waals surface area contributed by atoms with E-state index in [0.29, 0.717) is 38.8 Å². The summed E-state index contributed by atoms with van der Waals surface area (Å²) in [6, 6.07) is 15.8. The van der Waals surface area contributed by atoms with Gasteiger partial charge in [0.15, 0.2) is 5.78 Å². The minimum absolute atomic E-state index is 0.0337. The Bertz CT molecular complexity index is 1300. The Morgan fingerprint density at radius 3 is 2.27 bits per heavy atom. The number of methoxy groups -OCH3 is 1. The molecule has 0 aliphatic carbocycles. The lowest BCUT2D eigenvalue weighted by Crippen LogP contribution is -2.17. The third-order valence-corrected chi connectivity index (χ3v) is 6.67. The second kappa shape index (κ2) is 10.1. The van der Waals surface area contributed by atoms with Crippen LogP contribution in [0.3, 0.4) is 0 Å². The fourth-order valence-corrected chi connectivity index (χ4v) is 4.67. The third-order valence-electron chi connectivity index (χ3n) is 4.90. The molecule has 0 aliphatic rings. The van der Waals surface area contributed by atoms with Crippen molar-refractivity contribution in [2.75, 3.05) is 17.1 Å². The molecule has 2 N–H and O–H groups in total. The van der Waals surface area contributed by atoms with Crippen LogP contribution >= 0.6 is 11.6 Å². The summed E-state index contributed by atoms with van der Waals surface area (Å²) in [5.41, 5.74) is 2.22. The van der Waals surface area contributed by atoms with Crippen LogP contribution in [0.5, 0.6) is 5.75 Å². The quantitative estimate of drug-likeness (QED) is 0.443. The van der Waals surface area contributed by atoms with Crippen molar-refractivity contribution in [3.63, 3.8) is 0 Å². The van der Waals surface area contributed by atoms with Gasteiger partial charge in [0.1, 0.15) is 5.75 Å². The smallest absolute Gasteiger partial charge is 0.262 e. The molecular weight excluding hydrogens is 464 g/mol. The molecule has 3 aromatic rings. The molecule has 0 spiro atoms. The van der Waals surface area contributed by atoms with E-state index in [0.717, 1.165) is 0 Å². The Morgan fingerprint density at radius 1 is 0.970 bits per heavy atom. The number of amides is 1. The minimum atomic E-state index is -3.90. The predicted molar refractivity (Wildman–Crippen MR) is 129 cm³/mol. The summed E-state index contributed by atoms with van der Waals surface area (Å²) >= 11 is 5.85. The van der Waals surface area contributed by atoms with Crippen molar-refractivity contribution in [1.82, 2.24) is 0 Å². The van der Waals surface area contributed by atoms with Gasteiger partial charge in [0.05, 0.1) is 18.4 Å². The molecule has 0 heterocycles. The SMILES string of the molecule is COc1ccc(C(C)=O)cc1CC(=O)Nc1ccc(C)c(S(=O)(=O)Nc2ccc(Cl)cc2)c1. The lowest BCUT2D eigenvalue weighted by atomic mass is 10.0. The number of hydrogen-bond donors (Lipinski definition) is 2. The minimum Gasteiger partial charge on any atom is -0.496 e. The first-order valence-electron chi connectivity index (χ1n) is 9.96. The largest absolute Gasteiger partial charge is 0.496 e. The van der Waals surface area contributed by atoms with Gasteiger partial charge in [0.25, 0.3) is 10.0 Å². The molecule has 0 aromatic heterocycles. The number of benzene rings is 3. The molecule has 172 valence electrons. The van der Waals surface area contributed by atoms with Gasteiger partial charge in [-0.15, -0.1) is 0 Å². The van der Waals surface area contributed by atoms with Gasteiger partial charge >= 0.3 is 0 Å². The van der Waals surface area contributed by atoms with Crippen molar-refractivity contribution in [3.8, 4) is 5.75 Å². The Labute approximate surface area is 197 Å². The maximum atomic E-state index is 12.9. The molecule has 3 aromatic carbocycles. The molecule has 0 saturated heterocycles. The summed E-state index contributed by atoms with van der Waals surface area (Å²) in [7, 11) is -2.42. The summed E-state index contributed by atoms with van der Waals surface area (Å²) in [5, 5.41) is 3.20. The van der Waals surface area contributed by atoms with Crippen LogP contribution < -0.4 is 14.8 Å². The fraction of sp³-hybridized carbons (Fsp3) is 0.167. The van der Waals surface area contributed by atoms with Crippen LogP contribution in [0.1, 0.15) is 28.4 Å². The Balaban J connectivity index is 1.81. The van der Waals surface area contributed by atoms with Crippen molar-refractivity contribution in [3.05, 3.63) is 82.4 Å². The van der Waals surface area contributed by atoms with Gasteiger partial charge in [-0.2, -0.15) is 0 Å². The number of rotatable bonds is 8. The highest BCUT2D eigenvalue weighted by Gasteiger charge is 2.19. The van der Waals surface area contributed by atoms with E-state index >= 15 is 0 Å². The molecule has 0 unspecified atom stereocenters. The lowest BCUT2D eigenvalue weighted by Gasteiger charge is -2.14. The van der Waals surface area contributed by atoms with Gasteiger partial charge in [-0.05, 0) is 74.0 Å². The molecule has 0 bridgehead atoms. The Kier molecular flexibility index (Phi) is 7.40. The molecule has 9 heteroatoms.